The third-order valence-electron chi connectivity index (χ3n) is 8.49. The number of hydrogen-bond acceptors (Lipinski definition) is 7. The molecule has 2 aliphatic heterocycles. The number of ether oxygens (including phenoxy) is 2. The number of ketones is 1. The first-order chi connectivity index (χ1) is 20.0. The van der Waals surface area contributed by atoms with Crippen LogP contribution >= 0.6 is 17.0 Å². The number of nitrogens with one attached hydrogen (secondary N) is 1. The van der Waals surface area contributed by atoms with Crippen molar-refractivity contribution < 1.29 is 24.2 Å². The van der Waals surface area contributed by atoms with Crippen LogP contribution in [0.15, 0.2) is 24.3 Å². The highest BCUT2D eigenvalue weighted by Crippen LogP contribution is 2.43. The van der Waals surface area contributed by atoms with Crippen molar-refractivity contribution in [1.29, 1.82) is 5.41 Å². The molecule has 1 aliphatic carbocycles. The maximum absolute atomic E-state index is 13.9. The van der Waals surface area contributed by atoms with E-state index in [9.17, 15) is 9.59 Å². The van der Waals surface area contributed by atoms with Crippen LogP contribution in [0.25, 0.3) is 0 Å². The molecular weight excluding hydrogens is 612 g/mol. The molecule has 43 heavy (non-hydrogen) atoms. The van der Waals surface area contributed by atoms with E-state index in [0.717, 1.165) is 60.6 Å². The fourth-order valence-corrected chi connectivity index (χ4v) is 5.97. The van der Waals surface area contributed by atoms with E-state index < -0.39 is 5.97 Å². The van der Waals surface area contributed by atoms with Crippen molar-refractivity contribution in [3.05, 3.63) is 52.3 Å². The van der Waals surface area contributed by atoms with Crippen molar-refractivity contribution in [2.24, 2.45) is 5.92 Å². The minimum atomic E-state index is -0.802. The topological polar surface area (TPSA) is 116 Å². The van der Waals surface area contributed by atoms with Crippen molar-refractivity contribution in [2.75, 3.05) is 44.9 Å². The minimum Gasteiger partial charge on any atom is -0.491 e. The third kappa shape index (κ3) is 7.76. The third-order valence-corrected chi connectivity index (χ3v) is 8.49. The Bertz CT molecular complexity index is 1350. The second-order valence-electron chi connectivity index (χ2n) is 13.0. The number of hydrogen-bond donors (Lipinski definition) is 2. The van der Waals surface area contributed by atoms with Crippen LogP contribution in [-0.2, 0) is 21.5 Å². The molecule has 1 aromatic heterocycles. The molecule has 1 atom stereocenters. The fourth-order valence-electron chi connectivity index (χ4n) is 5.97. The standard InChI is InChI=1S/C33H44N4O5.BrH/c1-33(2,3)25-15-24(28(38)19-37-18-23-10-11-26(22-8-9-22)35-30(23)32(37)34)16-27(36-13-12-21(17-36)20-41-4)31(25)42-14-6-5-7-29(39)40;/h10-11,15-16,21-22,34H,5-9,12-14,17-20H2,1-4H3,(H,39,40);1H. The van der Waals surface area contributed by atoms with Crippen molar-refractivity contribution >= 4 is 40.3 Å². The van der Waals surface area contributed by atoms with Crippen molar-refractivity contribution in [3.63, 3.8) is 0 Å². The van der Waals surface area contributed by atoms with Gasteiger partial charge in [0.2, 0.25) is 0 Å². The molecule has 1 saturated heterocycles. The lowest BCUT2D eigenvalue weighted by Crippen LogP contribution is -2.31. The second-order valence-corrected chi connectivity index (χ2v) is 13.0. The molecule has 3 heterocycles. The van der Waals surface area contributed by atoms with Gasteiger partial charge < -0.3 is 24.4 Å². The summed E-state index contributed by atoms with van der Waals surface area (Å²) in [6, 6.07) is 8.05. The summed E-state index contributed by atoms with van der Waals surface area (Å²) in [6.07, 6.45) is 4.61. The molecule has 5 rings (SSSR count). The number of carbonyl (C=O) groups is 2. The van der Waals surface area contributed by atoms with Gasteiger partial charge in [0.05, 0.1) is 25.4 Å². The van der Waals surface area contributed by atoms with Crippen LogP contribution in [0.5, 0.6) is 5.75 Å². The number of benzene rings is 1. The summed E-state index contributed by atoms with van der Waals surface area (Å²) in [4.78, 5) is 33.7. The molecule has 2 aromatic rings. The molecule has 1 aromatic carbocycles. The van der Waals surface area contributed by atoms with Crippen LogP contribution in [0.3, 0.4) is 0 Å². The number of anilines is 1. The first kappa shape index (κ1) is 32.9. The van der Waals surface area contributed by atoms with Crippen molar-refractivity contribution in [3.8, 4) is 5.75 Å². The van der Waals surface area contributed by atoms with Crippen LogP contribution in [0.4, 0.5) is 5.69 Å². The molecule has 3 aliphatic rings. The molecule has 0 amide bonds. The summed E-state index contributed by atoms with van der Waals surface area (Å²) in [5.41, 5.74) is 4.93. The average molecular weight is 658 g/mol. The van der Waals surface area contributed by atoms with Gasteiger partial charge in [0.1, 0.15) is 17.3 Å². The van der Waals surface area contributed by atoms with Crippen molar-refractivity contribution in [2.45, 2.75) is 77.2 Å². The molecule has 0 spiro atoms. The number of fused-ring (bicyclic) bond motifs is 1. The van der Waals surface area contributed by atoms with E-state index in [4.69, 9.17) is 25.0 Å². The van der Waals surface area contributed by atoms with Gasteiger partial charge in [0.15, 0.2) is 5.78 Å². The van der Waals surface area contributed by atoms with Crippen molar-refractivity contribution in [1.82, 2.24) is 9.88 Å². The van der Waals surface area contributed by atoms with Gasteiger partial charge in [-0.3, -0.25) is 15.0 Å². The van der Waals surface area contributed by atoms with Crippen LogP contribution in [0, 0.1) is 11.3 Å². The van der Waals surface area contributed by atoms with Gasteiger partial charge in [-0.15, -0.1) is 17.0 Å². The molecule has 10 heteroatoms. The Hall–Kier alpha value is -2.98. The zero-order chi connectivity index (χ0) is 30.0. The highest BCUT2D eigenvalue weighted by Gasteiger charge is 2.33. The van der Waals surface area contributed by atoms with Crippen LogP contribution in [0.2, 0.25) is 0 Å². The van der Waals surface area contributed by atoms with Gasteiger partial charge in [-0.2, -0.15) is 0 Å². The van der Waals surface area contributed by atoms with Crippen LogP contribution in [-0.4, -0.2) is 72.5 Å². The lowest BCUT2D eigenvalue weighted by Gasteiger charge is -2.30. The number of carbonyl (C=O) groups excluding carboxylic acids is 1. The van der Waals surface area contributed by atoms with E-state index in [1.807, 2.05) is 17.0 Å². The summed E-state index contributed by atoms with van der Waals surface area (Å²) < 4.78 is 11.9. The SMILES string of the molecule is Br.COCC1CCN(c2cc(C(=O)CN3Cc4ccc(C5CC5)nc4C3=N)cc(C(C)(C)C)c2OCCCCC(=O)O)C1. The summed E-state index contributed by atoms with van der Waals surface area (Å²) in [6.45, 7) is 9.71. The minimum absolute atomic E-state index is 0. The Balaban J connectivity index is 0.00000423. The van der Waals surface area contributed by atoms with E-state index in [2.05, 4.69) is 37.8 Å². The molecule has 0 bridgehead atoms. The second kappa shape index (κ2) is 13.8. The zero-order valence-electron chi connectivity index (χ0n) is 25.8. The smallest absolute Gasteiger partial charge is 0.303 e. The number of methoxy groups -OCH3 is 1. The molecule has 234 valence electrons. The number of amidine groups is 1. The maximum atomic E-state index is 13.9. The maximum Gasteiger partial charge on any atom is 0.303 e. The Morgan fingerprint density at radius 3 is 2.58 bits per heavy atom. The lowest BCUT2D eigenvalue weighted by molar-refractivity contribution is -0.137. The molecular formula is C33H45BrN4O5. The van der Waals surface area contributed by atoms with Gasteiger partial charge in [0, 0.05) is 67.4 Å². The summed E-state index contributed by atoms with van der Waals surface area (Å²) >= 11 is 0. The number of aromatic nitrogens is 1. The molecule has 0 radical (unpaired) electrons. The fraction of sp³-hybridized carbons (Fsp3) is 0.576. The average Bonchev–Trinajstić information content (AvgIpc) is 3.61. The predicted octanol–water partition coefficient (Wildman–Crippen LogP) is 5.96. The monoisotopic (exact) mass is 656 g/mol. The van der Waals surface area contributed by atoms with Gasteiger partial charge in [-0.05, 0) is 55.7 Å². The Morgan fingerprint density at radius 2 is 1.91 bits per heavy atom. The number of pyridine rings is 1. The van der Waals surface area contributed by atoms with E-state index in [-0.39, 0.29) is 41.1 Å². The van der Waals surface area contributed by atoms with E-state index >= 15 is 0 Å². The highest BCUT2D eigenvalue weighted by molar-refractivity contribution is 8.93. The van der Waals surface area contributed by atoms with Gasteiger partial charge >= 0.3 is 5.97 Å². The first-order valence-electron chi connectivity index (χ1n) is 15.2. The number of unbranched alkanes of at least 4 members (excludes halogenated alkanes) is 1. The normalized spacial score (nSPS) is 18.0. The van der Waals surface area contributed by atoms with Gasteiger partial charge in [0.25, 0.3) is 0 Å². The van der Waals surface area contributed by atoms with Gasteiger partial charge in [-0.1, -0.05) is 26.8 Å². The number of halogens is 1. The zero-order valence-corrected chi connectivity index (χ0v) is 27.5. The Morgan fingerprint density at radius 1 is 1.14 bits per heavy atom. The number of carboxylic acid groups (broad SMARTS) is 1. The number of carboxylic acids is 1. The predicted molar refractivity (Wildman–Crippen MR) is 172 cm³/mol. The molecule has 9 nitrogen and oxygen atoms in total. The molecule has 1 saturated carbocycles. The lowest BCUT2D eigenvalue weighted by atomic mass is 9.84. The van der Waals surface area contributed by atoms with E-state index in [0.29, 0.717) is 61.5 Å². The first-order valence-corrected chi connectivity index (χ1v) is 15.2. The quantitative estimate of drug-likeness (QED) is 0.200. The number of rotatable bonds is 13. The van der Waals surface area contributed by atoms with Crippen LogP contribution < -0.4 is 9.64 Å². The summed E-state index contributed by atoms with van der Waals surface area (Å²) in [7, 11) is 1.72. The summed E-state index contributed by atoms with van der Waals surface area (Å²) in [5, 5.41) is 17.8. The number of aliphatic carboxylic acids is 1. The number of nitrogens with zero attached hydrogens (tertiary/aromatic N) is 3. The van der Waals surface area contributed by atoms with E-state index in [1.54, 1.807) is 7.11 Å². The highest BCUT2D eigenvalue weighted by atomic mass is 79.9. The Kier molecular flexibility index (Phi) is 10.5. The molecule has 2 N–H and O–H groups in total. The molecule has 1 unspecified atom stereocenters. The number of Topliss-reactive ketones (excluding diaryl/α,β-unsaturated/α-hetero) is 1. The Labute approximate surface area is 265 Å². The van der Waals surface area contributed by atoms with E-state index in [1.165, 1.54) is 0 Å². The summed E-state index contributed by atoms with van der Waals surface area (Å²) in [5.74, 6) is 1.16. The van der Waals surface area contributed by atoms with Crippen LogP contribution in [0.1, 0.15) is 98.1 Å². The molecule has 2 fully saturated rings. The van der Waals surface area contributed by atoms with Gasteiger partial charge in [-0.25, -0.2) is 4.98 Å². The largest absolute Gasteiger partial charge is 0.491 e.